The minimum atomic E-state index is -1.48. The topological polar surface area (TPSA) is 163 Å². The van der Waals surface area contributed by atoms with Gasteiger partial charge in [-0.25, -0.2) is 13.5 Å². The van der Waals surface area contributed by atoms with Crippen molar-refractivity contribution in [1.29, 1.82) is 5.26 Å². The number of aromatic nitrogens is 3. The molecule has 2 aliphatic rings. The maximum Gasteiger partial charge on any atom is 0.259 e. The van der Waals surface area contributed by atoms with E-state index in [1.54, 1.807) is 12.1 Å². The fourth-order valence-corrected chi connectivity index (χ4v) is 5.88. The first-order chi connectivity index (χ1) is 20.6. The summed E-state index contributed by atoms with van der Waals surface area (Å²) in [5.74, 6) is -2.74. The number of anilines is 1. The van der Waals surface area contributed by atoms with Gasteiger partial charge in [0.1, 0.15) is 52.8 Å². The van der Waals surface area contributed by atoms with Crippen LogP contribution < -0.4 is 4.90 Å². The van der Waals surface area contributed by atoms with Crippen LogP contribution in [-0.4, -0.2) is 99.7 Å². The zero-order chi connectivity index (χ0) is 31.0. The third-order valence-electron chi connectivity index (χ3n) is 7.36. The van der Waals surface area contributed by atoms with Gasteiger partial charge in [0.15, 0.2) is 6.10 Å². The molecular formula is C27H25BrClF2N5O7. The largest absolute Gasteiger partial charge is 0.394 e. The van der Waals surface area contributed by atoms with Crippen LogP contribution in [0.4, 0.5) is 14.5 Å². The molecule has 2 fully saturated rings. The Kier molecular flexibility index (Phi) is 9.40. The van der Waals surface area contributed by atoms with Crippen LogP contribution in [-0.2, 0) is 19.0 Å². The van der Waals surface area contributed by atoms with Gasteiger partial charge in [-0.3, -0.25) is 4.79 Å². The van der Waals surface area contributed by atoms with E-state index in [0.717, 1.165) is 16.8 Å². The van der Waals surface area contributed by atoms with Crippen LogP contribution >= 0.6 is 27.5 Å². The number of rotatable bonds is 7. The number of methoxy groups -OCH3 is 1. The summed E-state index contributed by atoms with van der Waals surface area (Å²) in [6, 6.07) is 6.50. The number of aliphatic hydroxyl groups excluding tert-OH is 3. The van der Waals surface area contributed by atoms with Crippen LogP contribution in [0, 0.1) is 23.0 Å². The molecule has 12 nitrogen and oxygen atoms in total. The molecule has 2 saturated heterocycles. The Labute approximate surface area is 257 Å². The van der Waals surface area contributed by atoms with Crippen molar-refractivity contribution in [3.05, 3.63) is 63.2 Å². The Balaban J connectivity index is 1.55. The van der Waals surface area contributed by atoms with Crippen molar-refractivity contribution < 1.29 is 43.1 Å². The average molecular weight is 685 g/mol. The number of carbonyl (C=O) groups excluding carboxylic acids is 1. The van der Waals surface area contributed by atoms with Gasteiger partial charge in [-0.2, -0.15) is 5.26 Å². The van der Waals surface area contributed by atoms with Gasteiger partial charge in [-0.15, -0.1) is 5.10 Å². The summed E-state index contributed by atoms with van der Waals surface area (Å²) in [6.07, 6.45) is -5.28. The molecule has 0 aliphatic carbocycles. The number of aliphatic hydroxyl groups is 3. The van der Waals surface area contributed by atoms with Crippen molar-refractivity contribution in [3.63, 3.8) is 0 Å². The predicted molar refractivity (Wildman–Crippen MR) is 149 cm³/mol. The van der Waals surface area contributed by atoms with E-state index in [4.69, 9.17) is 25.8 Å². The van der Waals surface area contributed by atoms with E-state index in [-0.39, 0.29) is 35.7 Å². The number of ether oxygens (including phenoxy) is 3. The fourth-order valence-electron chi connectivity index (χ4n) is 5.29. The molecular weight excluding hydrogens is 660 g/mol. The molecule has 0 bridgehead atoms. The third kappa shape index (κ3) is 6.02. The molecule has 5 unspecified atom stereocenters. The van der Waals surface area contributed by atoms with E-state index in [9.17, 15) is 34.2 Å². The number of hydrogen-bond acceptors (Lipinski definition) is 10. The molecule has 0 saturated carbocycles. The summed E-state index contributed by atoms with van der Waals surface area (Å²) in [5.41, 5.74) is 0.520. The summed E-state index contributed by atoms with van der Waals surface area (Å²) < 4.78 is 46.9. The van der Waals surface area contributed by atoms with Gasteiger partial charge >= 0.3 is 0 Å². The van der Waals surface area contributed by atoms with E-state index in [1.807, 2.05) is 6.07 Å². The number of halogens is 4. The highest BCUT2D eigenvalue weighted by Gasteiger charge is 2.52. The van der Waals surface area contributed by atoms with Crippen molar-refractivity contribution in [2.75, 3.05) is 31.8 Å². The normalized spacial score (nSPS) is 27.2. The lowest BCUT2D eigenvalue weighted by Gasteiger charge is -2.45. The molecule has 3 heterocycles. The smallest absolute Gasteiger partial charge is 0.259 e. The third-order valence-corrected chi connectivity index (χ3v) is 8.18. The molecule has 2 aliphatic heterocycles. The van der Waals surface area contributed by atoms with Gasteiger partial charge in [0, 0.05) is 22.8 Å². The summed E-state index contributed by atoms with van der Waals surface area (Å²) in [7, 11) is 1.28. The Hall–Kier alpha value is -3.07. The van der Waals surface area contributed by atoms with Gasteiger partial charge in [-0.1, -0.05) is 32.7 Å². The zero-order valence-electron chi connectivity index (χ0n) is 22.3. The highest BCUT2D eigenvalue weighted by Crippen LogP contribution is 2.36. The van der Waals surface area contributed by atoms with Gasteiger partial charge in [0.25, 0.3) is 5.91 Å². The van der Waals surface area contributed by atoms with Crippen molar-refractivity contribution in [2.45, 2.75) is 42.6 Å². The number of nitrogens with zero attached hydrogens (tertiary/aromatic N) is 5. The number of amides is 1. The van der Waals surface area contributed by atoms with E-state index >= 15 is 0 Å². The quantitative estimate of drug-likeness (QED) is 0.314. The number of carbonyl (C=O) groups is 1. The van der Waals surface area contributed by atoms with Crippen LogP contribution in [0.5, 0.6) is 0 Å². The Morgan fingerprint density at radius 1 is 1.26 bits per heavy atom. The number of hydrogen-bond donors (Lipinski definition) is 3. The Bertz CT molecular complexity index is 1540. The molecule has 0 radical (unpaired) electrons. The van der Waals surface area contributed by atoms with Gasteiger partial charge in [-0.05, 0) is 30.3 Å². The Morgan fingerprint density at radius 2 is 1.98 bits per heavy atom. The molecule has 1 aromatic heterocycles. The van der Waals surface area contributed by atoms with Gasteiger partial charge < -0.3 is 34.4 Å². The van der Waals surface area contributed by atoms with Crippen LogP contribution in [0.25, 0.3) is 11.3 Å². The van der Waals surface area contributed by atoms with Crippen LogP contribution in [0.15, 0.2) is 41.0 Å². The summed E-state index contributed by atoms with van der Waals surface area (Å²) in [6.45, 7) is -0.763. The van der Waals surface area contributed by atoms with Crippen molar-refractivity contribution in [3.8, 4) is 17.3 Å². The summed E-state index contributed by atoms with van der Waals surface area (Å²) >= 11 is 8.94. The summed E-state index contributed by atoms with van der Waals surface area (Å²) in [5, 5.41) is 48.8. The highest BCUT2D eigenvalue weighted by atomic mass is 79.9. The second-order valence-electron chi connectivity index (χ2n) is 9.99. The second kappa shape index (κ2) is 12.9. The van der Waals surface area contributed by atoms with Gasteiger partial charge in [0.2, 0.25) is 0 Å². The molecule has 5 rings (SSSR count). The first kappa shape index (κ1) is 31.4. The SMILES string of the molecule is COC1C(C(=O)N(c2cc(Br)cc(C#N)c2)[C@@H]2COC[C@H]2O)OC(CO)C(O)C1n1cc(-c2cc(F)c(Cl)c(F)c2)nn1. The molecule has 3 N–H and O–H groups in total. The average Bonchev–Trinajstić information content (AvgIpc) is 3.64. The molecule has 0 spiro atoms. The van der Waals surface area contributed by atoms with Gasteiger partial charge in [0.05, 0.1) is 43.7 Å². The van der Waals surface area contributed by atoms with Crippen LogP contribution in [0.3, 0.4) is 0 Å². The monoisotopic (exact) mass is 683 g/mol. The number of benzene rings is 2. The van der Waals surface area contributed by atoms with Crippen molar-refractivity contribution in [1.82, 2.24) is 15.0 Å². The van der Waals surface area contributed by atoms with Crippen LogP contribution in [0.1, 0.15) is 11.6 Å². The zero-order valence-corrected chi connectivity index (χ0v) is 24.7. The molecule has 43 heavy (non-hydrogen) atoms. The van der Waals surface area contributed by atoms with Crippen LogP contribution in [0.2, 0.25) is 5.02 Å². The minimum absolute atomic E-state index is 0.0110. The maximum absolute atomic E-state index is 14.3. The maximum atomic E-state index is 14.3. The van der Waals surface area contributed by atoms with E-state index < -0.39 is 71.8 Å². The molecule has 1 amide bonds. The predicted octanol–water partition coefficient (Wildman–Crippen LogP) is 1.98. The number of nitriles is 1. The first-order valence-electron chi connectivity index (χ1n) is 12.9. The first-order valence-corrected chi connectivity index (χ1v) is 14.1. The van der Waals surface area contributed by atoms with E-state index in [0.29, 0.717) is 4.47 Å². The second-order valence-corrected chi connectivity index (χ2v) is 11.3. The molecule has 16 heteroatoms. The molecule has 7 atom stereocenters. The molecule has 2 aromatic carbocycles. The standard InChI is InChI=1S/C27H25BrClF2N5O7/c1-41-25-23(35-8-18(33-34-35)13-4-16(30)22(29)17(31)5-13)24(39)21(9-37)43-26(25)27(40)36(19-10-42-11-20(19)38)15-3-12(7-32)2-14(28)6-15/h2-6,8,19-21,23-26,37-39H,9-11H2,1H3/t19-,20-,21?,23?,24?,25?,26?/m1/s1. The van der Waals surface area contributed by atoms with E-state index in [2.05, 4.69) is 26.2 Å². The highest BCUT2D eigenvalue weighted by molar-refractivity contribution is 9.10. The lowest BCUT2D eigenvalue weighted by molar-refractivity contribution is -0.211. The summed E-state index contributed by atoms with van der Waals surface area (Å²) in [4.78, 5) is 15.6. The fraction of sp³-hybridized carbons (Fsp3) is 0.407. The van der Waals surface area contributed by atoms with Crippen molar-refractivity contribution >= 4 is 39.1 Å². The molecule has 3 aromatic rings. The van der Waals surface area contributed by atoms with Crippen molar-refractivity contribution in [2.24, 2.45) is 0 Å². The lowest BCUT2D eigenvalue weighted by atomic mass is 9.91. The lowest BCUT2D eigenvalue weighted by Crippen LogP contribution is -2.63. The molecule has 228 valence electrons. The van der Waals surface area contributed by atoms with E-state index in [1.165, 1.54) is 24.3 Å². The minimum Gasteiger partial charge on any atom is -0.394 e. The Morgan fingerprint density at radius 3 is 2.58 bits per heavy atom.